The Hall–Kier alpha value is -1.76. The lowest BCUT2D eigenvalue weighted by Crippen LogP contribution is -2.22. The van der Waals surface area contributed by atoms with E-state index in [4.69, 9.17) is 5.11 Å². The van der Waals surface area contributed by atoms with E-state index < -0.39 is 11.0 Å². The number of nitrogens with zero attached hydrogens (tertiary/aromatic N) is 2. The van der Waals surface area contributed by atoms with E-state index in [0.717, 1.165) is 17.5 Å². The Morgan fingerprint density at radius 1 is 1.65 bits per heavy atom. The first kappa shape index (κ1) is 11.7. The highest BCUT2D eigenvalue weighted by atomic mass is 32.2. The molecule has 1 N–H and O–H groups in total. The first-order chi connectivity index (χ1) is 8.04. The lowest BCUT2D eigenvalue weighted by Gasteiger charge is -2.18. The van der Waals surface area contributed by atoms with Crippen molar-refractivity contribution < 1.29 is 14.8 Å². The monoisotopic (exact) mass is 254 g/mol. The van der Waals surface area contributed by atoms with Gasteiger partial charge in [-0.25, -0.2) is 9.10 Å². The van der Waals surface area contributed by atoms with Gasteiger partial charge in [-0.15, -0.1) is 0 Å². The van der Waals surface area contributed by atoms with Gasteiger partial charge in [0.25, 0.3) is 5.69 Å². The molecule has 1 unspecified atom stereocenters. The minimum atomic E-state index is -1.03. The number of hydrogen-bond acceptors (Lipinski definition) is 4. The Morgan fingerprint density at radius 3 is 2.88 bits per heavy atom. The molecular formula is C10H10N2O4S. The lowest BCUT2D eigenvalue weighted by molar-refractivity contribution is -0.385. The summed E-state index contributed by atoms with van der Waals surface area (Å²) in [5.41, 5.74) is 0.823. The van der Waals surface area contributed by atoms with Crippen molar-refractivity contribution in [3.63, 3.8) is 0 Å². The Kier molecular flexibility index (Phi) is 2.93. The van der Waals surface area contributed by atoms with Crippen LogP contribution in [0, 0.1) is 10.1 Å². The van der Waals surface area contributed by atoms with Gasteiger partial charge in [-0.2, -0.15) is 0 Å². The molecule has 6 nitrogen and oxygen atoms in total. The molecule has 1 aliphatic heterocycles. The van der Waals surface area contributed by atoms with Crippen molar-refractivity contribution in [2.24, 2.45) is 0 Å². The molecule has 90 valence electrons. The third-order valence-electron chi connectivity index (χ3n) is 2.62. The minimum absolute atomic E-state index is 0.0154. The molecule has 1 aliphatic rings. The average molecular weight is 254 g/mol. The number of carboxylic acid groups (broad SMARTS) is 1. The van der Waals surface area contributed by atoms with Crippen LogP contribution in [0.4, 0.5) is 10.5 Å². The number of rotatable bonds is 2. The van der Waals surface area contributed by atoms with Gasteiger partial charge in [0.2, 0.25) is 0 Å². The largest absolute Gasteiger partial charge is 0.464 e. The van der Waals surface area contributed by atoms with Gasteiger partial charge in [0.15, 0.2) is 0 Å². The van der Waals surface area contributed by atoms with Crippen molar-refractivity contribution in [2.45, 2.75) is 24.3 Å². The van der Waals surface area contributed by atoms with Crippen LogP contribution >= 0.6 is 11.9 Å². The topological polar surface area (TPSA) is 83.7 Å². The molecule has 0 spiro atoms. The van der Waals surface area contributed by atoms with Gasteiger partial charge in [-0.05, 0) is 30.0 Å². The molecule has 0 saturated heterocycles. The van der Waals surface area contributed by atoms with Crippen molar-refractivity contribution in [1.29, 1.82) is 0 Å². The van der Waals surface area contributed by atoms with Crippen molar-refractivity contribution >= 4 is 23.7 Å². The maximum absolute atomic E-state index is 11.0. The smallest absolute Gasteiger partial charge is 0.418 e. The number of non-ortho nitro benzene ring substituents is 1. The number of carbonyl (C=O) groups is 1. The molecule has 0 bridgehead atoms. The Balaban J connectivity index is 2.42. The van der Waals surface area contributed by atoms with Crippen LogP contribution in [0.15, 0.2) is 23.1 Å². The zero-order valence-corrected chi connectivity index (χ0v) is 9.81. The van der Waals surface area contributed by atoms with Crippen LogP contribution in [0.3, 0.4) is 0 Å². The van der Waals surface area contributed by atoms with Crippen molar-refractivity contribution in [1.82, 2.24) is 4.31 Å². The molecule has 2 rings (SSSR count). The predicted octanol–water partition coefficient (Wildman–Crippen LogP) is 3.05. The summed E-state index contributed by atoms with van der Waals surface area (Å²) in [5.74, 6) is 0. The van der Waals surface area contributed by atoms with Crippen molar-refractivity contribution in [3.8, 4) is 0 Å². The second-order valence-corrected chi connectivity index (χ2v) is 4.62. The summed E-state index contributed by atoms with van der Waals surface area (Å²) in [6, 6.07) is 4.24. The fourth-order valence-corrected chi connectivity index (χ4v) is 3.01. The van der Waals surface area contributed by atoms with Crippen molar-refractivity contribution in [2.75, 3.05) is 0 Å². The molecule has 17 heavy (non-hydrogen) atoms. The highest BCUT2D eigenvalue weighted by Crippen LogP contribution is 2.46. The molecule has 0 saturated carbocycles. The Morgan fingerprint density at radius 2 is 2.35 bits per heavy atom. The second kappa shape index (κ2) is 4.25. The fourth-order valence-electron chi connectivity index (χ4n) is 1.84. The summed E-state index contributed by atoms with van der Waals surface area (Å²) >= 11 is 1.04. The van der Waals surface area contributed by atoms with Gasteiger partial charge < -0.3 is 5.11 Å². The Labute approximate surface area is 102 Å². The van der Waals surface area contributed by atoms with Crippen LogP contribution in [0.1, 0.15) is 24.9 Å². The lowest BCUT2D eigenvalue weighted by atomic mass is 10.0. The summed E-state index contributed by atoms with van der Waals surface area (Å²) in [6.45, 7) is 1.89. The van der Waals surface area contributed by atoms with E-state index in [0.29, 0.717) is 11.3 Å². The summed E-state index contributed by atoms with van der Waals surface area (Å²) in [7, 11) is 0. The van der Waals surface area contributed by atoms with E-state index in [1.54, 1.807) is 6.07 Å². The molecule has 0 aromatic heterocycles. The number of nitro benzene ring substituents is 1. The van der Waals surface area contributed by atoms with Crippen LogP contribution in [-0.2, 0) is 0 Å². The number of benzene rings is 1. The maximum atomic E-state index is 11.0. The highest BCUT2D eigenvalue weighted by molar-refractivity contribution is 7.97. The first-order valence-corrected chi connectivity index (χ1v) is 5.80. The zero-order chi connectivity index (χ0) is 12.6. The molecular weight excluding hydrogens is 244 g/mol. The van der Waals surface area contributed by atoms with Gasteiger partial charge in [-0.3, -0.25) is 10.1 Å². The quantitative estimate of drug-likeness (QED) is 0.498. The third kappa shape index (κ3) is 1.93. The minimum Gasteiger partial charge on any atom is -0.464 e. The van der Waals surface area contributed by atoms with Gasteiger partial charge in [0.1, 0.15) is 0 Å². The highest BCUT2D eigenvalue weighted by Gasteiger charge is 2.34. The van der Waals surface area contributed by atoms with Crippen LogP contribution < -0.4 is 0 Å². The summed E-state index contributed by atoms with van der Waals surface area (Å²) in [4.78, 5) is 21.8. The zero-order valence-electron chi connectivity index (χ0n) is 8.99. The molecule has 1 heterocycles. The van der Waals surface area contributed by atoms with E-state index in [1.165, 1.54) is 16.4 Å². The molecule has 0 aliphatic carbocycles. The molecule has 1 aromatic carbocycles. The van der Waals surface area contributed by atoms with Crippen molar-refractivity contribution in [3.05, 3.63) is 33.9 Å². The summed E-state index contributed by atoms with van der Waals surface area (Å²) < 4.78 is 1.23. The van der Waals surface area contributed by atoms with Gasteiger partial charge >= 0.3 is 6.09 Å². The average Bonchev–Trinajstić information content (AvgIpc) is 2.66. The Bertz CT molecular complexity index is 491. The number of nitro groups is 1. The normalized spacial score (nSPS) is 17.9. The van der Waals surface area contributed by atoms with Gasteiger partial charge in [0.05, 0.1) is 11.0 Å². The van der Waals surface area contributed by atoms with Crippen LogP contribution in [0.5, 0.6) is 0 Å². The molecule has 0 fully saturated rings. The van der Waals surface area contributed by atoms with Gasteiger partial charge in [-0.1, -0.05) is 6.92 Å². The third-order valence-corrected chi connectivity index (χ3v) is 3.78. The number of amides is 1. The first-order valence-electron chi connectivity index (χ1n) is 5.03. The molecule has 0 radical (unpaired) electrons. The van der Waals surface area contributed by atoms with Crippen LogP contribution in [-0.4, -0.2) is 20.4 Å². The van der Waals surface area contributed by atoms with Crippen LogP contribution in [0.25, 0.3) is 0 Å². The molecule has 1 aromatic rings. The molecule has 7 heteroatoms. The van der Waals surface area contributed by atoms with E-state index >= 15 is 0 Å². The maximum Gasteiger partial charge on any atom is 0.418 e. The van der Waals surface area contributed by atoms with E-state index in [-0.39, 0.29) is 11.7 Å². The van der Waals surface area contributed by atoms with E-state index in [2.05, 4.69) is 0 Å². The number of fused-ring (bicyclic) bond motifs is 1. The standard InChI is InChI=1S/C10H10N2O4S/c1-2-8-7-4-3-6(12(15)16)5-9(7)17-11(8)10(13)14/h3-5,8H,2H2,1H3,(H,13,14). The predicted molar refractivity (Wildman–Crippen MR) is 61.8 cm³/mol. The second-order valence-electron chi connectivity index (χ2n) is 3.60. The molecule has 1 amide bonds. The SMILES string of the molecule is CCC1c2ccc([N+](=O)[O-])cc2SN1C(=O)O. The van der Waals surface area contributed by atoms with E-state index in [9.17, 15) is 14.9 Å². The summed E-state index contributed by atoms with van der Waals surface area (Å²) in [5, 5.41) is 19.7. The van der Waals surface area contributed by atoms with Crippen LogP contribution in [0.2, 0.25) is 0 Å². The van der Waals surface area contributed by atoms with E-state index in [1.807, 2.05) is 6.92 Å². The summed E-state index contributed by atoms with van der Waals surface area (Å²) in [6.07, 6.45) is -0.384. The van der Waals surface area contributed by atoms with Gasteiger partial charge in [0, 0.05) is 17.0 Å². The number of hydrogen-bond donors (Lipinski definition) is 1. The fraction of sp³-hybridized carbons (Fsp3) is 0.300. The molecule has 1 atom stereocenters.